The maximum Gasteiger partial charge on any atom is 0.142 e. The van der Waals surface area contributed by atoms with Crippen molar-refractivity contribution >= 4 is 29.0 Å². The van der Waals surface area contributed by atoms with E-state index in [4.69, 9.17) is 28.9 Å². The number of nitrogens with zero attached hydrogens (tertiary/aromatic N) is 2. The number of hydrogen-bond acceptors (Lipinski definition) is 3. The van der Waals surface area contributed by atoms with Gasteiger partial charge in [-0.3, -0.25) is 0 Å². The fourth-order valence-electron chi connectivity index (χ4n) is 2.67. The first-order valence-electron chi connectivity index (χ1n) is 7.23. The summed E-state index contributed by atoms with van der Waals surface area (Å²) in [7, 11) is 0. The van der Waals surface area contributed by atoms with Gasteiger partial charge in [-0.15, -0.1) is 0 Å². The second-order valence-corrected chi connectivity index (χ2v) is 6.22. The van der Waals surface area contributed by atoms with Gasteiger partial charge in [0.1, 0.15) is 17.5 Å². The number of rotatable bonds is 2. The molecular formula is C19H13Cl2N3. The van der Waals surface area contributed by atoms with Crippen molar-refractivity contribution in [1.82, 2.24) is 4.98 Å². The topological polar surface area (TPSA) is 62.7 Å². The molecule has 3 aromatic rings. The predicted molar refractivity (Wildman–Crippen MR) is 99.0 cm³/mol. The van der Waals surface area contributed by atoms with E-state index < -0.39 is 0 Å². The average Bonchev–Trinajstić information content (AvgIpc) is 2.58. The molecule has 5 heteroatoms. The van der Waals surface area contributed by atoms with Crippen LogP contribution in [0.25, 0.3) is 22.4 Å². The van der Waals surface area contributed by atoms with E-state index in [1.165, 1.54) is 0 Å². The van der Waals surface area contributed by atoms with E-state index in [1.54, 1.807) is 24.3 Å². The van der Waals surface area contributed by atoms with Gasteiger partial charge < -0.3 is 5.73 Å². The van der Waals surface area contributed by atoms with Gasteiger partial charge in [-0.25, -0.2) is 4.98 Å². The zero-order valence-electron chi connectivity index (χ0n) is 12.8. The summed E-state index contributed by atoms with van der Waals surface area (Å²) in [5.41, 5.74) is 10.6. The van der Waals surface area contributed by atoms with Crippen molar-refractivity contribution < 1.29 is 0 Å². The third-order valence-electron chi connectivity index (χ3n) is 3.83. The number of pyridine rings is 1. The standard InChI is InChI=1S/C19H13Cl2N3/c1-11-17(12-2-6-14(20)7-3-12)16(10-22)19(23)24-18(11)13-4-8-15(21)9-5-13/h2-9H,1H3,(H2,23,24). The smallest absolute Gasteiger partial charge is 0.142 e. The summed E-state index contributed by atoms with van der Waals surface area (Å²) in [5.74, 6) is 0.206. The molecule has 0 amide bonds. The van der Waals surface area contributed by atoms with Crippen LogP contribution in [0.3, 0.4) is 0 Å². The van der Waals surface area contributed by atoms with Crippen LogP contribution >= 0.6 is 23.2 Å². The molecule has 2 aromatic carbocycles. The molecular weight excluding hydrogens is 341 g/mol. The van der Waals surface area contributed by atoms with Crippen LogP contribution < -0.4 is 5.73 Å². The van der Waals surface area contributed by atoms with Crippen LogP contribution in [-0.4, -0.2) is 4.98 Å². The van der Waals surface area contributed by atoms with Gasteiger partial charge in [0.15, 0.2) is 0 Å². The summed E-state index contributed by atoms with van der Waals surface area (Å²) < 4.78 is 0. The third-order valence-corrected chi connectivity index (χ3v) is 4.33. The lowest BCUT2D eigenvalue weighted by molar-refractivity contribution is 1.26. The van der Waals surface area contributed by atoms with E-state index in [9.17, 15) is 5.26 Å². The number of hydrogen-bond donors (Lipinski definition) is 1. The Hall–Kier alpha value is -2.54. The maximum atomic E-state index is 9.52. The number of halogens is 2. The van der Waals surface area contributed by atoms with Crippen LogP contribution in [0.1, 0.15) is 11.1 Å². The molecule has 3 nitrogen and oxygen atoms in total. The monoisotopic (exact) mass is 353 g/mol. The minimum atomic E-state index is 0.206. The van der Waals surface area contributed by atoms with Gasteiger partial charge in [0.05, 0.1) is 5.69 Å². The molecule has 0 atom stereocenters. The van der Waals surface area contributed by atoms with Crippen molar-refractivity contribution in [3.05, 3.63) is 69.7 Å². The van der Waals surface area contributed by atoms with Crippen LogP contribution in [0.4, 0.5) is 5.82 Å². The van der Waals surface area contributed by atoms with E-state index in [1.807, 2.05) is 31.2 Å². The zero-order chi connectivity index (χ0) is 17.3. The molecule has 3 rings (SSSR count). The molecule has 2 N–H and O–H groups in total. The minimum Gasteiger partial charge on any atom is -0.383 e. The lowest BCUT2D eigenvalue weighted by Crippen LogP contribution is -2.03. The second-order valence-electron chi connectivity index (χ2n) is 5.35. The van der Waals surface area contributed by atoms with E-state index in [0.29, 0.717) is 15.6 Å². The van der Waals surface area contributed by atoms with Crippen molar-refractivity contribution in [3.63, 3.8) is 0 Å². The first-order valence-corrected chi connectivity index (χ1v) is 7.99. The summed E-state index contributed by atoms with van der Waals surface area (Å²) in [6, 6.07) is 16.9. The highest BCUT2D eigenvalue weighted by atomic mass is 35.5. The summed E-state index contributed by atoms with van der Waals surface area (Å²) in [4.78, 5) is 4.43. The van der Waals surface area contributed by atoms with E-state index >= 15 is 0 Å². The normalized spacial score (nSPS) is 10.4. The average molecular weight is 354 g/mol. The van der Waals surface area contributed by atoms with Gasteiger partial charge in [0, 0.05) is 21.2 Å². The van der Waals surface area contributed by atoms with Crippen LogP contribution in [0.5, 0.6) is 0 Å². The maximum absolute atomic E-state index is 9.52. The zero-order valence-corrected chi connectivity index (χ0v) is 14.4. The molecule has 0 unspecified atom stereocenters. The first-order chi connectivity index (χ1) is 11.5. The Kier molecular flexibility index (Phi) is 4.44. The number of benzene rings is 2. The van der Waals surface area contributed by atoms with Crippen molar-refractivity contribution in [2.75, 3.05) is 5.73 Å². The van der Waals surface area contributed by atoms with Crippen LogP contribution in [0.2, 0.25) is 10.0 Å². The highest BCUT2D eigenvalue weighted by Crippen LogP contribution is 2.36. The Balaban J connectivity index is 2.29. The molecule has 24 heavy (non-hydrogen) atoms. The van der Waals surface area contributed by atoms with Gasteiger partial charge >= 0.3 is 0 Å². The van der Waals surface area contributed by atoms with E-state index in [-0.39, 0.29) is 5.82 Å². The van der Waals surface area contributed by atoms with Crippen LogP contribution in [0.15, 0.2) is 48.5 Å². The fraction of sp³-hybridized carbons (Fsp3) is 0.0526. The number of nitrogen functional groups attached to an aromatic ring is 1. The highest BCUT2D eigenvalue weighted by molar-refractivity contribution is 6.31. The van der Waals surface area contributed by atoms with Crippen molar-refractivity contribution in [3.8, 4) is 28.5 Å². The lowest BCUT2D eigenvalue weighted by atomic mass is 9.93. The summed E-state index contributed by atoms with van der Waals surface area (Å²) in [6.45, 7) is 1.93. The van der Waals surface area contributed by atoms with Gasteiger partial charge in [0.25, 0.3) is 0 Å². The van der Waals surface area contributed by atoms with Crippen LogP contribution in [0, 0.1) is 18.3 Å². The lowest BCUT2D eigenvalue weighted by Gasteiger charge is -2.15. The molecule has 0 saturated heterocycles. The summed E-state index contributed by atoms with van der Waals surface area (Å²) in [6.07, 6.45) is 0. The first kappa shape index (κ1) is 16.3. The van der Waals surface area contributed by atoms with Crippen molar-refractivity contribution in [2.24, 2.45) is 0 Å². The molecule has 118 valence electrons. The van der Waals surface area contributed by atoms with Crippen molar-refractivity contribution in [2.45, 2.75) is 6.92 Å². The highest BCUT2D eigenvalue weighted by Gasteiger charge is 2.18. The Bertz CT molecular complexity index is 940. The molecule has 0 aliphatic heterocycles. The number of nitrogens with two attached hydrogens (primary N) is 1. The molecule has 0 saturated carbocycles. The Labute approximate surface area is 150 Å². The Morgan fingerprint density at radius 1 is 0.917 bits per heavy atom. The number of aromatic nitrogens is 1. The molecule has 0 bridgehead atoms. The molecule has 0 radical (unpaired) electrons. The largest absolute Gasteiger partial charge is 0.383 e. The van der Waals surface area contributed by atoms with Gasteiger partial charge in [-0.1, -0.05) is 47.5 Å². The summed E-state index contributed by atoms with van der Waals surface area (Å²) >= 11 is 11.9. The fourth-order valence-corrected chi connectivity index (χ4v) is 2.93. The molecule has 0 aliphatic rings. The Morgan fingerprint density at radius 3 is 1.92 bits per heavy atom. The quantitative estimate of drug-likeness (QED) is 0.662. The Morgan fingerprint density at radius 2 is 1.42 bits per heavy atom. The van der Waals surface area contributed by atoms with Gasteiger partial charge in [-0.2, -0.15) is 5.26 Å². The molecule has 0 spiro atoms. The summed E-state index contributed by atoms with van der Waals surface area (Å²) in [5, 5.41) is 10.8. The SMILES string of the molecule is Cc1c(-c2ccc(Cl)cc2)nc(N)c(C#N)c1-c1ccc(Cl)cc1. The molecule has 0 aliphatic carbocycles. The van der Waals surface area contributed by atoms with Gasteiger partial charge in [0.2, 0.25) is 0 Å². The van der Waals surface area contributed by atoms with Crippen molar-refractivity contribution in [1.29, 1.82) is 5.26 Å². The van der Waals surface area contributed by atoms with E-state index in [0.717, 1.165) is 27.9 Å². The van der Waals surface area contributed by atoms with E-state index in [2.05, 4.69) is 11.1 Å². The number of anilines is 1. The van der Waals surface area contributed by atoms with Crippen LogP contribution in [-0.2, 0) is 0 Å². The predicted octanol–water partition coefficient (Wildman–Crippen LogP) is 5.48. The third kappa shape index (κ3) is 2.94. The van der Waals surface area contributed by atoms with Gasteiger partial charge in [-0.05, 0) is 42.3 Å². The second kappa shape index (κ2) is 6.52. The number of nitriles is 1. The molecule has 1 aromatic heterocycles. The minimum absolute atomic E-state index is 0.206. The molecule has 1 heterocycles. The molecule has 0 fully saturated rings.